The molecule has 0 aromatic carbocycles. The zero-order valence-electron chi connectivity index (χ0n) is 11.6. The molecular weight excluding hydrogens is 270 g/mol. The first-order valence-corrected chi connectivity index (χ1v) is 7.87. The number of ether oxygens (including phenoxy) is 1. The minimum absolute atomic E-state index is 0.351. The van der Waals surface area contributed by atoms with Crippen LogP contribution in [0.25, 0.3) is 10.7 Å². The summed E-state index contributed by atoms with van der Waals surface area (Å²) < 4.78 is 5.50. The van der Waals surface area contributed by atoms with E-state index in [9.17, 15) is 0 Å². The Labute approximate surface area is 123 Å². The molecule has 1 fully saturated rings. The zero-order chi connectivity index (χ0) is 13.8. The van der Waals surface area contributed by atoms with Crippen molar-refractivity contribution in [2.75, 3.05) is 7.11 Å². The molecule has 5 heteroatoms. The lowest BCUT2D eigenvalue weighted by molar-refractivity contribution is 0.0846. The number of hydrogen-bond acceptors (Lipinski definition) is 5. The second kappa shape index (κ2) is 6.43. The van der Waals surface area contributed by atoms with Crippen LogP contribution in [0, 0.1) is 0 Å². The fourth-order valence-corrected chi connectivity index (χ4v) is 3.47. The van der Waals surface area contributed by atoms with Gasteiger partial charge in [0.25, 0.3) is 0 Å². The third kappa shape index (κ3) is 3.06. The van der Waals surface area contributed by atoms with Crippen molar-refractivity contribution in [2.24, 2.45) is 0 Å². The van der Waals surface area contributed by atoms with E-state index in [1.54, 1.807) is 24.6 Å². The van der Waals surface area contributed by atoms with E-state index < -0.39 is 0 Å². The van der Waals surface area contributed by atoms with Crippen molar-refractivity contribution in [3.05, 3.63) is 35.5 Å². The molecule has 2 aromatic heterocycles. The molecule has 1 N–H and O–H groups in total. The average molecular weight is 289 g/mol. The molecule has 0 spiro atoms. The summed E-state index contributed by atoms with van der Waals surface area (Å²) in [5, 5.41) is 6.65. The van der Waals surface area contributed by atoms with E-state index in [0.717, 1.165) is 29.4 Å². The SMILES string of the molecule is COC1CCCC1NCc1csc(-c2ccccn2)n1. The Morgan fingerprint density at radius 1 is 1.40 bits per heavy atom. The molecule has 2 atom stereocenters. The normalized spacial score (nSPS) is 22.2. The molecule has 1 aliphatic carbocycles. The van der Waals surface area contributed by atoms with Crippen LogP contribution in [0.3, 0.4) is 0 Å². The average Bonchev–Trinajstić information content (AvgIpc) is 3.15. The predicted molar refractivity (Wildman–Crippen MR) is 80.6 cm³/mol. The van der Waals surface area contributed by atoms with Crippen LogP contribution < -0.4 is 5.32 Å². The third-order valence-corrected chi connectivity index (χ3v) is 4.65. The topological polar surface area (TPSA) is 47.0 Å². The molecule has 0 saturated heterocycles. The Balaban J connectivity index is 1.60. The molecule has 2 unspecified atom stereocenters. The van der Waals surface area contributed by atoms with Gasteiger partial charge in [-0.05, 0) is 31.4 Å². The van der Waals surface area contributed by atoms with Crippen molar-refractivity contribution in [3.63, 3.8) is 0 Å². The number of hydrogen-bond donors (Lipinski definition) is 1. The molecule has 2 aromatic rings. The van der Waals surface area contributed by atoms with Crippen molar-refractivity contribution in [2.45, 2.75) is 38.0 Å². The summed E-state index contributed by atoms with van der Waals surface area (Å²) in [7, 11) is 1.80. The Morgan fingerprint density at radius 2 is 2.35 bits per heavy atom. The number of pyridine rings is 1. The molecule has 1 aliphatic rings. The van der Waals surface area contributed by atoms with Gasteiger partial charge in [0.1, 0.15) is 5.01 Å². The van der Waals surface area contributed by atoms with Crippen molar-refractivity contribution in [1.82, 2.24) is 15.3 Å². The van der Waals surface area contributed by atoms with Crippen LogP contribution in [0.2, 0.25) is 0 Å². The molecule has 0 bridgehead atoms. The summed E-state index contributed by atoms with van der Waals surface area (Å²) in [5.41, 5.74) is 2.02. The third-order valence-electron chi connectivity index (χ3n) is 3.74. The van der Waals surface area contributed by atoms with Crippen LogP contribution in [-0.4, -0.2) is 29.2 Å². The van der Waals surface area contributed by atoms with E-state index in [0.29, 0.717) is 12.1 Å². The smallest absolute Gasteiger partial charge is 0.142 e. The van der Waals surface area contributed by atoms with E-state index >= 15 is 0 Å². The van der Waals surface area contributed by atoms with Gasteiger partial charge in [0.2, 0.25) is 0 Å². The number of methoxy groups -OCH3 is 1. The summed E-state index contributed by atoms with van der Waals surface area (Å²) in [5.74, 6) is 0. The Hall–Kier alpha value is -1.30. The quantitative estimate of drug-likeness (QED) is 0.919. The van der Waals surface area contributed by atoms with Crippen LogP contribution in [-0.2, 0) is 11.3 Å². The molecule has 0 amide bonds. The lowest BCUT2D eigenvalue weighted by atomic mass is 10.2. The van der Waals surface area contributed by atoms with Gasteiger partial charge in [0.15, 0.2) is 0 Å². The minimum Gasteiger partial charge on any atom is -0.380 e. The van der Waals surface area contributed by atoms with Crippen LogP contribution in [0.4, 0.5) is 0 Å². The summed E-state index contributed by atoms with van der Waals surface area (Å²) in [6, 6.07) is 6.36. The van der Waals surface area contributed by atoms with Gasteiger partial charge in [-0.25, -0.2) is 4.98 Å². The second-order valence-electron chi connectivity index (χ2n) is 5.05. The Morgan fingerprint density at radius 3 is 3.15 bits per heavy atom. The summed E-state index contributed by atoms with van der Waals surface area (Å²) in [6.07, 6.45) is 5.74. The number of thiazole rings is 1. The van der Waals surface area contributed by atoms with Crippen molar-refractivity contribution in [1.29, 1.82) is 0 Å². The first-order chi connectivity index (χ1) is 9.86. The zero-order valence-corrected chi connectivity index (χ0v) is 12.4. The molecule has 106 valence electrons. The largest absolute Gasteiger partial charge is 0.380 e. The van der Waals surface area contributed by atoms with Crippen LogP contribution in [0.1, 0.15) is 25.0 Å². The van der Waals surface area contributed by atoms with E-state index in [2.05, 4.69) is 20.7 Å². The second-order valence-corrected chi connectivity index (χ2v) is 5.91. The fourth-order valence-electron chi connectivity index (χ4n) is 2.67. The maximum Gasteiger partial charge on any atom is 0.142 e. The first-order valence-electron chi connectivity index (χ1n) is 6.99. The van der Waals surface area contributed by atoms with Gasteiger partial charge in [0, 0.05) is 31.3 Å². The summed E-state index contributed by atoms with van der Waals surface area (Å²) in [6.45, 7) is 0.799. The van der Waals surface area contributed by atoms with Gasteiger partial charge < -0.3 is 10.1 Å². The van der Waals surface area contributed by atoms with E-state index in [-0.39, 0.29) is 0 Å². The van der Waals surface area contributed by atoms with Gasteiger partial charge in [-0.2, -0.15) is 0 Å². The highest BCUT2D eigenvalue weighted by atomic mass is 32.1. The summed E-state index contributed by atoms with van der Waals surface area (Å²) in [4.78, 5) is 8.98. The van der Waals surface area contributed by atoms with Crippen molar-refractivity contribution in [3.8, 4) is 10.7 Å². The molecule has 1 saturated carbocycles. The highest BCUT2D eigenvalue weighted by molar-refractivity contribution is 7.13. The molecule has 0 radical (unpaired) electrons. The van der Waals surface area contributed by atoms with E-state index in [4.69, 9.17) is 4.74 Å². The maximum absolute atomic E-state index is 5.50. The first kappa shape index (κ1) is 13.7. The van der Waals surface area contributed by atoms with Crippen molar-refractivity contribution < 1.29 is 4.74 Å². The number of aromatic nitrogens is 2. The standard InChI is InChI=1S/C15H19N3OS/c1-19-14-7-4-6-12(14)17-9-11-10-20-15(18-11)13-5-2-3-8-16-13/h2-3,5,8,10,12,14,17H,4,6-7,9H2,1H3. The predicted octanol–water partition coefficient (Wildman–Crippen LogP) is 2.86. The lowest BCUT2D eigenvalue weighted by Gasteiger charge is -2.18. The highest BCUT2D eigenvalue weighted by Crippen LogP contribution is 2.23. The number of nitrogens with zero attached hydrogens (tertiary/aromatic N) is 2. The lowest BCUT2D eigenvalue weighted by Crippen LogP contribution is -2.36. The van der Waals surface area contributed by atoms with Crippen molar-refractivity contribution >= 4 is 11.3 Å². The minimum atomic E-state index is 0.351. The Bertz CT molecular complexity index is 543. The van der Waals surface area contributed by atoms with Gasteiger partial charge in [-0.3, -0.25) is 4.98 Å². The van der Waals surface area contributed by atoms with Crippen LogP contribution in [0.5, 0.6) is 0 Å². The van der Waals surface area contributed by atoms with Gasteiger partial charge >= 0.3 is 0 Å². The number of rotatable bonds is 5. The molecule has 0 aliphatic heterocycles. The van der Waals surface area contributed by atoms with Gasteiger partial charge in [-0.15, -0.1) is 11.3 Å². The summed E-state index contributed by atoms with van der Waals surface area (Å²) >= 11 is 1.65. The van der Waals surface area contributed by atoms with E-state index in [1.165, 1.54) is 12.8 Å². The monoisotopic (exact) mass is 289 g/mol. The van der Waals surface area contributed by atoms with E-state index in [1.807, 2.05) is 18.2 Å². The number of nitrogens with one attached hydrogen (secondary N) is 1. The fraction of sp³-hybridized carbons (Fsp3) is 0.467. The molecule has 3 rings (SSSR count). The molecular formula is C15H19N3OS. The molecule has 20 heavy (non-hydrogen) atoms. The maximum atomic E-state index is 5.50. The van der Waals surface area contributed by atoms with Gasteiger partial charge in [0.05, 0.1) is 17.5 Å². The van der Waals surface area contributed by atoms with Crippen LogP contribution >= 0.6 is 11.3 Å². The molecule has 2 heterocycles. The van der Waals surface area contributed by atoms with Crippen LogP contribution in [0.15, 0.2) is 29.8 Å². The Kier molecular flexibility index (Phi) is 4.40. The molecule has 4 nitrogen and oxygen atoms in total. The highest BCUT2D eigenvalue weighted by Gasteiger charge is 2.26. The van der Waals surface area contributed by atoms with Gasteiger partial charge in [-0.1, -0.05) is 6.07 Å².